The Kier molecular flexibility index (Phi) is 4.71. The predicted molar refractivity (Wildman–Crippen MR) is 77.5 cm³/mol. The van der Waals surface area contributed by atoms with Gasteiger partial charge in [-0.3, -0.25) is 0 Å². The van der Waals surface area contributed by atoms with Crippen molar-refractivity contribution in [2.45, 2.75) is 25.3 Å². The standard InChI is InChI=1S/C13H18N4O3S/c1-10(13-15-14-9-17(13)2)16-21(19,20)8-12-5-3-11(7-18)4-6-12/h3-6,9-10,16,18H,7-8H2,1-2H3. The van der Waals surface area contributed by atoms with E-state index >= 15 is 0 Å². The summed E-state index contributed by atoms with van der Waals surface area (Å²) in [4.78, 5) is 0. The highest BCUT2D eigenvalue weighted by Crippen LogP contribution is 2.12. The molecule has 0 radical (unpaired) electrons. The quantitative estimate of drug-likeness (QED) is 0.809. The summed E-state index contributed by atoms with van der Waals surface area (Å²) in [6, 6.07) is 6.34. The summed E-state index contributed by atoms with van der Waals surface area (Å²) in [5.74, 6) is 0.426. The van der Waals surface area contributed by atoms with E-state index < -0.39 is 16.1 Å². The molecule has 1 unspecified atom stereocenters. The van der Waals surface area contributed by atoms with Crippen molar-refractivity contribution in [3.63, 3.8) is 0 Å². The summed E-state index contributed by atoms with van der Waals surface area (Å²) in [6.07, 6.45) is 1.52. The molecule has 1 heterocycles. The molecular formula is C13H18N4O3S. The molecule has 0 spiro atoms. The Bertz CT molecular complexity index is 694. The van der Waals surface area contributed by atoms with E-state index in [0.717, 1.165) is 5.56 Å². The number of hydrogen-bond acceptors (Lipinski definition) is 5. The molecule has 0 saturated carbocycles. The minimum Gasteiger partial charge on any atom is -0.392 e. The summed E-state index contributed by atoms with van der Waals surface area (Å²) >= 11 is 0. The van der Waals surface area contributed by atoms with Crippen molar-refractivity contribution in [3.05, 3.63) is 47.5 Å². The van der Waals surface area contributed by atoms with E-state index in [2.05, 4.69) is 14.9 Å². The number of aryl methyl sites for hydroxylation is 1. The van der Waals surface area contributed by atoms with E-state index in [1.165, 1.54) is 6.33 Å². The molecule has 0 aliphatic heterocycles. The van der Waals surface area contributed by atoms with Gasteiger partial charge in [-0.2, -0.15) is 0 Å². The molecular weight excluding hydrogens is 292 g/mol. The van der Waals surface area contributed by atoms with Crippen LogP contribution < -0.4 is 4.72 Å². The maximum absolute atomic E-state index is 12.2. The normalized spacial score (nSPS) is 13.3. The molecule has 2 rings (SSSR count). The third-order valence-electron chi connectivity index (χ3n) is 3.05. The second kappa shape index (κ2) is 6.33. The number of aliphatic hydroxyl groups excluding tert-OH is 1. The van der Waals surface area contributed by atoms with Gasteiger partial charge in [0, 0.05) is 7.05 Å². The van der Waals surface area contributed by atoms with E-state index in [1.54, 1.807) is 42.8 Å². The molecule has 21 heavy (non-hydrogen) atoms. The van der Waals surface area contributed by atoms with Crippen LogP contribution in [0.5, 0.6) is 0 Å². The van der Waals surface area contributed by atoms with E-state index in [4.69, 9.17) is 5.11 Å². The van der Waals surface area contributed by atoms with Gasteiger partial charge in [-0.15, -0.1) is 10.2 Å². The van der Waals surface area contributed by atoms with E-state index in [-0.39, 0.29) is 12.4 Å². The molecule has 2 aromatic rings. The average Bonchev–Trinajstić information content (AvgIpc) is 2.85. The summed E-state index contributed by atoms with van der Waals surface area (Å²) < 4.78 is 28.6. The highest BCUT2D eigenvalue weighted by Gasteiger charge is 2.19. The van der Waals surface area contributed by atoms with Gasteiger partial charge in [-0.1, -0.05) is 24.3 Å². The molecule has 8 heteroatoms. The minimum absolute atomic E-state index is 0.0610. The molecule has 0 amide bonds. The Morgan fingerprint density at radius 1 is 1.29 bits per heavy atom. The Morgan fingerprint density at radius 2 is 1.90 bits per heavy atom. The lowest BCUT2D eigenvalue weighted by atomic mass is 10.2. The fourth-order valence-electron chi connectivity index (χ4n) is 2.01. The van der Waals surface area contributed by atoms with E-state index in [1.807, 2.05) is 0 Å². The lowest BCUT2D eigenvalue weighted by Crippen LogP contribution is -2.29. The number of nitrogens with zero attached hydrogens (tertiary/aromatic N) is 3. The van der Waals surface area contributed by atoms with Crippen LogP contribution in [0.3, 0.4) is 0 Å². The number of sulfonamides is 1. The van der Waals surface area contributed by atoms with E-state index in [9.17, 15) is 8.42 Å². The summed E-state index contributed by atoms with van der Waals surface area (Å²) in [5.41, 5.74) is 1.40. The van der Waals surface area contributed by atoms with Gasteiger partial charge >= 0.3 is 0 Å². The molecule has 0 fully saturated rings. The van der Waals surface area contributed by atoms with Crippen molar-refractivity contribution < 1.29 is 13.5 Å². The van der Waals surface area contributed by atoms with Crippen LogP contribution in [-0.2, 0) is 29.4 Å². The van der Waals surface area contributed by atoms with Crippen molar-refractivity contribution in [2.24, 2.45) is 7.05 Å². The first-order valence-electron chi connectivity index (χ1n) is 6.44. The smallest absolute Gasteiger partial charge is 0.216 e. The van der Waals surface area contributed by atoms with Gasteiger partial charge in [0.1, 0.15) is 12.2 Å². The van der Waals surface area contributed by atoms with Crippen LogP contribution in [0, 0.1) is 0 Å². The molecule has 114 valence electrons. The van der Waals surface area contributed by atoms with Crippen LogP contribution in [-0.4, -0.2) is 28.3 Å². The lowest BCUT2D eigenvalue weighted by molar-refractivity contribution is 0.282. The van der Waals surface area contributed by atoms with Crippen LogP contribution in [0.1, 0.15) is 29.9 Å². The summed E-state index contributed by atoms with van der Waals surface area (Å²) in [6.45, 7) is 1.66. The Labute approximate surface area is 123 Å². The SMILES string of the molecule is CC(NS(=O)(=O)Cc1ccc(CO)cc1)c1nncn1C. The highest BCUT2D eigenvalue weighted by atomic mass is 32.2. The summed E-state index contributed by atoms with van der Waals surface area (Å²) in [7, 11) is -1.73. The van der Waals surface area contributed by atoms with Crippen molar-refractivity contribution in [2.75, 3.05) is 0 Å². The summed E-state index contributed by atoms with van der Waals surface area (Å²) in [5, 5.41) is 16.6. The molecule has 1 atom stereocenters. The molecule has 1 aromatic heterocycles. The molecule has 2 N–H and O–H groups in total. The Balaban J connectivity index is 2.06. The van der Waals surface area contributed by atoms with Crippen molar-refractivity contribution >= 4 is 10.0 Å². The second-order valence-electron chi connectivity index (χ2n) is 4.87. The third-order valence-corrected chi connectivity index (χ3v) is 4.48. The number of aromatic nitrogens is 3. The van der Waals surface area contributed by atoms with Gasteiger partial charge in [-0.25, -0.2) is 13.1 Å². The largest absolute Gasteiger partial charge is 0.392 e. The molecule has 1 aromatic carbocycles. The van der Waals surface area contributed by atoms with Crippen LogP contribution in [0.25, 0.3) is 0 Å². The first-order valence-corrected chi connectivity index (χ1v) is 8.09. The van der Waals surface area contributed by atoms with Gasteiger partial charge in [-0.05, 0) is 18.1 Å². The zero-order valence-corrected chi connectivity index (χ0v) is 12.7. The van der Waals surface area contributed by atoms with Gasteiger partial charge in [0.15, 0.2) is 0 Å². The maximum atomic E-state index is 12.2. The zero-order chi connectivity index (χ0) is 15.5. The lowest BCUT2D eigenvalue weighted by Gasteiger charge is -2.13. The van der Waals surface area contributed by atoms with Crippen LogP contribution in [0.2, 0.25) is 0 Å². The number of hydrogen-bond donors (Lipinski definition) is 2. The fourth-order valence-corrected chi connectivity index (χ4v) is 3.37. The van der Waals surface area contributed by atoms with Gasteiger partial charge in [0.2, 0.25) is 10.0 Å². The highest BCUT2D eigenvalue weighted by molar-refractivity contribution is 7.88. The molecule has 0 bridgehead atoms. The van der Waals surface area contributed by atoms with E-state index in [0.29, 0.717) is 11.4 Å². The molecule has 0 saturated heterocycles. The maximum Gasteiger partial charge on any atom is 0.216 e. The van der Waals surface area contributed by atoms with Crippen LogP contribution >= 0.6 is 0 Å². The fraction of sp³-hybridized carbons (Fsp3) is 0.385. The molecule has 7 nitrogen and oxygen atoms in total. The average molecular weight is 310 g/mol. The number of benzene rings is 1. The monoisotopic (exact) mass is 310 g/mol. The number of nitrogens with one attached hydrogen (secondary N) is 1. The second-order valence-corrected chi connectivity index (χ2v) is 6.63. The minimum atomic E-state index is -3.49. The van der Waals surface area contributed by atoms with Gasteiger partial charge in [0.05, 0.1) is 18.4 Å². The van der Waals surface area contributed by atoms with Crippen LogP contribution in [0.15, 0.2) is 30.6 Å². The zero-order valence-electron chi connectivity index (χ0n) is 11.9. The first-order chi connectivity index (χ1) is 9.91. The Hall–Kier alpha value is -1.77. The molecule has 0 aliphatic rings. The topological polar surface area (TPSA) is 97.1 Å². The molecule has 0 aliphatic carbocycles. The Morgan fingerprint density at radius 3 is 2.43 bits per heavy atom. The number of rotatable bonds is 6. The van der Waals surface area contributed by atoms with Crippen LogP contribution in [0.4, 0.5) is 0 Å². The van der Waals surface area contributed by atoms with Crippen molar-refractivity contribution in [3.8, 4) is 0 Å². The van der Waals surface area contributed by atoms with Crippen molar-refractivity contribution in [1.29, 1.82) is 0 Å². The predicted octanol–water partition coefficient (Wildman–Crippen LogP) is 0.488. The number of aliphatic hydroxyl groups is 1. The van der Waals surface area contributed by atoms with Crippen molar-refractivity contribution in [1.82, 2.24) is 19.5 Å². The van der Waals surface area contributed by atoms with Gasteiger partial charge in [0.25, 0.3) is 0 Å². The third kappa shape index (κ3) is 4.10. The first kappa shape index (κ1) is 15.6. The van der Waals surface area contributed by atoms with Gasteiger partial charge < -0.3 is 9.67 Å².